The third-order valence-corrected chi connectivity index (χ3v) is 5.10. The molecule has 2 aromatic carbocycles. The highest BCUT2D eigenvalue weighted by Crippen LogP contribution is 2.34. The molecule has 0 bridgehead atoms. The first-order valence-corrected chi connectivity index (χ1v) is 8.17. The van der Waals surface area contributed by atoms with E-state index in [9.17, 15) is 0 Å². The highest BCUT2D eigenvalue weighted by atomic mass is 35.5. The molecular formula is C19H22Cl2. The molecular weight excluding hydrogens is 299 g/mol. The van der Waals surface area contributed by atoms with Gasteiger partial charge in [-0.2, -0.15) is 0 Å². The Labute approximate surface area is 138 Å². The lowest BCUT2D eigenvalue weighted by Gasteiger charge is -2.24. The molecule has 0 heterocycles. The highest BCUT2D eigenvalue weighted by molar-refractivity contribution is 6.30. The Bertz CT molecular complexity index is 612. The predicted octanol–water partition coefficient (Wildman–Crippen LogP) is 6.66. The lowest BCUT2D eigenvalue weighted by Crippen LogP contribution is -2.15. The minimum absolute atomic E-state index is 0.138. The first-order chi connectivity index (χ1) is 9.85. The van der Waals surface area contributed by atoms with E-state index in [1.54, 1.807) is 0 Å². The van der Waals surface area contributed by atoms with E-state index in [1.807, 2.05) is 25.1 Å². The maximum atomic E-state index is 6.65. The lowest BCUT2D eigenvalue weighted by molar-refractivity contribution is 0.506. The topological polar surface area (TPSA) is 0 Å². The van der Waals surface area contributed by atoms with Crippen molar-refractivity contribution >= 4 is 23.2 Å². The van der Waals surface area contributed by atoms with Gasteiger partial charge in [-0.15, -0.1) is 11.6 Å². The molecule has 0 fully saturated rings. The van der Waals surface area contributed by atoms with Crippen LogP contribution in [0.3, 0.4) is 0 Å². The second kappa shape index (κ2) is 6.42. The Morgan fingerprint density at radius 3 is 2.19 bits per heavy atom. The fourth-order valence-corrected chi connectivity index (χ4v) is 3.03. The first kappa shape index (κ1) is 16.4. The van der Waals surface area contributed by atoms with Gasteiger partial charge in [0.2, 0.25) is 0 Å². The Morgan fingerprint density at radius 2 is 1.67 bits per heavy atom. The van der Waals surface area contributed by atoms with Crippen molar-refractivity contribution < 1.29 is 0 Å². The van der Waals surface area contributed by atoms with Crippen LogP contribution < -0.4 is 0 Å². The van der Waals surface area contributed by atoms with Crippen LogP contribution in [0.1, 0.15) is 54.8 Å². The molecule has 0 saturated heterocycles. The average Bonchev–Trinajstić information content (AvgIpc) is 2.47. The standard InChI is InChI=1S/C19H22Cl2/c1-5-19(3,4)15-8-6-14(7-9-15)18(21)17-11-10-16(20)12-13(17)2/h6-12,18H,5H2,1-4H3. The third-order valence-electron chi connectivity index (χ3n) is 4.37. The Balaban J connectivity index is 2.30. The number of hydrogen-bond donors (Lipinski definition) is 0. The molecule has 0 radical (unpaired) electrons. The van der Waals surface area contributed by atoms with Crippen molar-refractivity contribution in [3.63, 3.8) is 0 Å². The summed E-state index contributed by atoms with van der Waals surface area (Å²) in [5.41, 5.74) is 4.92. The van der Waals surface area contributed by atoms with Gasteiger partial charge in [0, 0.05) is 5.02 Å². The van der Waals surface area contributed by atoms with E-state index in [0.717, 1.165) is 28.1 Å². The van der Waals surface area contributed by atoms with E-state index in [-0.39, 0.29) is 10.8 Å². The van der Waals surface area contributed by atoms with E-state index in [2.05, 4.69) is 45.0 Å². The molecule has 0 nitrogen and oxygen atoms in total. The van der Waals surface area contributed by atoms with Crippen molar-refractivity contribution in [1.82, 2.24) is 0 Å². The molecule has 0 amide bonds. The van der Waals surface area contributed by atoms with E-state index < -0.39 is 0 Å². The van der Waals surface area contributed by atoms with Crippen LogP contribution in [0.25, 0.3) is 0 Å². The molecule has 0 aliphatic carbocycles. The van der Waals surface area contributed by atoms with E-state index in [1.165, 1.54) is 5.56 Å². The van der Waals surface area contributed by atoms with Crippen LogP contribution in [0.2, 0.25) is 5.02 Å². The molecule has 1 unspecified atom stereocenters. The van der Waals surface area contributed by atoms with Crippen LogP contribution in [-0.2, 0) is 5.41 Å². The minimum Gasteiger partial charge on any atom is -0.113 e. The van der Waals surface area contributed by atoms with Gasteiger partial charge in [-0.25, -0.2) is 0 Å². The smallest absolute Gasteiger partial charge is 0.0838 e. The quantitative estimate of drug-likeness (QED) is 0.552. The number of aryl methyl sites for hydroxylation is 1. The number of rotatable bonds is 4. The number of halogens is 2. The monoisotopic (exact) mass is 320 g/mol. The van der Waals surface area contributed by atoms with Crippen molar-refractivity contribution in [3.05, 3.63) is 69.7 Å². The summed E-state index contributed by atoms with van der Waals surface area (Å²) in [5.74, 6) is 0. The summed E-state index contributed by atoms with van der Waals surface area (Å²) in [6.45, 7) is 8.80. The maximum Gasteiger partial charge on any atom is 0.0838 e. The van der Waals surface area contributed by atoms with E-state index in [4.69, 9.17) is 23.2 Å². The minimum atomic E-state index is -0.138. The molecule has 0 saturated carbocycles. The highest BCUT2D eigenvalue weighted by Gasteiger charge is 2.19. The van der Waals surface area contributed by atoms with Crippen molar-refractivity contribution in [3.8, 4) is 0 Å². The number of hydrogen-bond acceptors (Lipinski definition) is 0. The average molecular weight is 321 g/mol. The normalized spacial score (nSPS) is 13.2. The molecule has 0 aromatic heterocycles. The summed E-state index contributed by atoms with van der Waals surface area (Å²) in [7, 11) is 0. The van der Waals surface area contributed by atoms with Crippen LogP contribution in [-0.4, -0.2) is 0 Å². The van der Waals surface area contributed by atoms with Crippen molar-refractivity contribution in [2.24, 2.45) is 0 Å². The van der Waals surface area contributed by atoms with Crippen LogP contribution in [0.5, 0.6) is 0 Å². The molecule has 0 aliphatic rings. The summed E-state index contributed by atoms with van der Waals surface area (Å²) in [6.07, 6.45) is 1.12. The molecule has 2 aromatic rings. The zero-order valence-electron chi connectivity index (χ0n) is 13.1. The van der Waals surface area contributed by atoms with Crippen molar-refractivity contribution in [2.75, 3.05) is 0 Å². The molecule has 2 rings (SSSR count). The molecule has 21 heavy (non-hydrogen) atoms. The zero-order chi connectivity index (χ0) is 15.6. The van der Waals surface area contributed by atoms with E-state index in [0.29, 0.717) is 0 Å². The van der Waals surface area contributed by atoms with Crippen LogP contribution in [0.4, 0.5) is 0 Å². The summed E-state index contributed by atoms with van der Waals surface area (Å²) < 4.78 is 0. The Kier molecular flexibility index (Phi) is 5.01. The summed E-state index contributed by atoms with van der Waals surface area (Å²) in [5, 5.41) is 0.612. The second-order valence-corrected chi connectivity index (χ2v) is 7.10. The van der Waals surface area contributed by atoms with Crippen molar-refractivity contribution in [2.45, 2.75) is 44.9 Å². The Morgan fingerprint density at radius 1 is 1.05 bits per heavy atom. The second-order valence-electron chi connectivity index (χ2n) is 6.22. The SMILES string of the molecule is CCC(C)(C)c1ccc(C(Cl)c2ccc(Cl)cc2C)cc1. The lowest BCUT2D eigenvalue weighted by atomic mass is 9.82. The first-order valence-electron chi connectivity index (χ1n) is 7.35. The Hall–Kier alpha value is -0.980. The molecule has 1 atom stereocenters. The van der Waals surface area contributed by atoms with Gasteiger partial charge in [0.15, 0.2) is 0 Å². The van der Waals surface area contributed by atoms with Crippen LogP contribution in [0, 0.1) is 6.92 Å². The van der Waals surface area contributed by atoms with Gasteiger partial charge in [0.1, 0.15) is 0 Å². The van der Waals surface area contributed by atoms with Gasteiger partial charge in [-0.3, -0.25) is 0 Å². The van der Waals surface area contributed by atoms with Gasteiger partial charge in [0.05, 0.1) is 5.38 Å². The predicted molar refractivity (Wildman–Crippen MR) is 93.6 cm³/mol. The zero-order valence-corrected chi connectivity index (χ0v) is 14.6. The van der Waals surface area contributed by atoms with Gasteiger partial charge in [-0.1, -0.05) is 62.7 Å². The summed E-state index contributed by atoms with van der Waals surface area (Å²) >= 11 is 12.7. The fraction of sp³-hybridized carbons (Fsp3) is 0.368. The van der Waals surface area contributed by atoms with Gasteiger partial charge in [-0.05, 0) is 53.1 Å². The van der Waals surface area contributed by atoms with Crippen LogP contribution in [0.15, 0.2) is 42.5 Å². The molecule has 112 valence electrons. The van der Waals surface area contributed by atoms with Gasteiger partial charge in [0.25, 0.3) is 0 Å². The largest absolute Gasteiger partial charge is 0.113 e. The summed E-state index contributed by atoms with van der Waals surface area (Å²) in [4.78, 5) is 0. The molecule has 0 aliphatic heterocycles. The molecule has 0 spiro atoms. The number of benzene rings is 2. The van der Waals surface area contributed by atoms with E-state index >= 15 is 0 Å². The van der Waals surface area contributed by atoms with Gasteiger partial charge < -0.3 is 0 Å². The maximum absolute atomic E-state index is 6.65. The summed E-state index contributed by atoms with van der Waals surface area (Å²) in [6, 6.07) is 14.5. The third kappa shape index (κ3) is 3.62. The molecule has 2 heteroatoms. The number of alkyl halides is 1. The van der Waals surface area contributed by atoms with Crippen molar-refractivity contribution in [1.29, 1.82) is 0 Å². The molecule has 0 N–H and O–H groups in total. The van der Waals surface area contributed by atoms with Crippen LogP contribution >= 0.6 is 23.2 Å². The van der Waals surface area contributed by atoms with Gasteiger partial charge >= 0.3 is 0 Å². The fourth-order valence-electron chi connectivity index (χ4n) is 2.41.